The Morgan fingerprint density at radius 1 is 1.05 bits per heavy atom. The van der Waals surface area contributed by atoms with Crippen molar-refractivity contribution in [1.29, 1.82) is 0 Å². The van der Waals surface area contributed by atoms with Gasteiger partial charge >= 0.3 is 0 Å². The zero-order valence-corrected chi connectivity index (χ0v) is 13.0. The molecule has 0 fully saturated rings. The minimum Gasteiger partial charge on any atom is -0.350 e. The van der Waals surface area contributed by atoms with E-state index in [4.69, 9.17) is 0 Å². The fraction of sp³-hybridized carbons (Fsp3) is 0.0588. The Bertz CT molecular complexity index is 955. The summed E-state index contributed by atoms with van der Waals surface area (Å²) in [4.78, 5) is 8.57. The molecule has 0 atom stereocenters. The summed E-state index contributed by atoms with van der Waals surface area (Å²) in [5.74, 6) is 0. The Kier molecular flexibility index (Phi) is 2.79. The van der Waals surface area contributed by atoms with Gasteiger partial charge in [0.2, 0.25) is 0 Å². The summed E-state index contributed by atoms with van der Waals surface area (Å²) in [6.07, 6.45) is 5.57. The zero-order valence-electron chi connectivity index (χ0n) is 11.4. The SMILES string of the molecule is Cn1ccc2c3cncnc3cc(-c3ccc(Br)cc3)c21. The third-order valence-corrected chi connectivity index (χ3v) is 4.33. The summed E-state index contributed by atoms with van der Waals surface area (Å²) in [6.45, 7) is 0. The number of halogens is 1. The van der Waals surface area contributed by atoms with Crippen LogP contribution in [0.2, 0.25) is 0 Å². The molecule has 2 aromatic heterocycles. The van der Waals surface area contributed by atoms with E-state index in [1.165, 1.54) is 22.0 Å². The van der Waals surface area contributed by atoms with Gasteiger partial charge < -0.3 is 4.57 Å². The van der Waals surface area contributed by atoms with Crippen molar-refractivity contribution < 1.29 is 0 Å². The molecule has 0 saturated carbocycles. The van der Waals surface area contributed by atoms with Crippen LogP contribution in [0, 0.1) is 0 Å². The van der Waals surface area contributed by atoms with Crippen LogP contribution in [0.1, 0.15) is 0 Å². The van der Waals surface area contributed by atoms with Gasteiger partial charge in [0.05, 0.1) is 11.0 Å². The van der Waals surface area contributed by atoms with Crippen molar-refractivity contribution in [2.75, 3.05) is 0 Å². The lowest BCUT2D eigenvalue weighted by molar-refractivity contribution is 0.970. The summed E-state index contributed by atoms with van der Waals surface area (Å²) in [7, 11) is 2.07. The van der Waals surface area contributed by atoms with Gasteiger partial charge in [-0.25, -0.2) is 9.97 Å². The molecule has 21 heavy (non-hydrogen) atoms. The maximum Gasteiger partial charge on any atom is 0.116 e. The molecule has 4 heteroatoms. The summed E-state index contributed by atoms with van der Waals surface area (Å²) >= 11 is 3.49. The molecule has 0 amide bonds. The molecular weight excluding hydrogens is 326 g/mol. The molecule has 0 spiro atoms. The van der Waals surface area contributed by atoms with Crippen LogP contribution in [0.4, 0.5) is 0 Å². The van der Waals surface area contributed by atoms with Crippen molar-refractivity contribution in [2.24, 2.45) is 7.05 Å². The topological polar surface area (TPSA) is 30.7 Å². The van der Waals surface area contributed by atoms with E-state index < -0.39 is 0 Å². The number of benzene rings is 2. The van der Waals surface area contributed by atoms with Gasteiger partial charge in [0.15, 0.2) is 0 Å². The van der Waals surface area contributed by atoms with E-state index in [1.54, 1.807) is 6.33 Å². The number of fused-ring (bicyclic) bond motifs is 3. The summed E-state index contributed by atoms with van der Waals surface area (Å²) in [5, 5.41) is 2.28. The number of hydrogen-bond donors (Lipinski definition) is 0. The van der Waals surface area contributed by atoms with E-state index in [0.29, 0.717) is 0 Å². The monoisotopic (exact) mass is 337 g/mol. The largest absolute Gasteiger partial charge is 0.350 e. The Morgan fingerprint density at radius 2 is 1.86 bits per heavy atom. The van der Waals surface area contributed by atoms with E-state index in [-0.39, 0.29) is 0 Å². The zero-order chi connectivity index (χ0) is 14.4. The van der Waals surface area contributed by atoms with E-state index in [2.05, 4.69) is 80.1 Å². The minimum atomic E-state index is 0.974. The molecule has 0 aliphatic heterocycles. The van der Waals surface area contributed by atoms with Gasteiger partial charge in [0.1, 0.15) is 6.33 Å². The molecule has 0 radical (unpaired) electrons. The predicted octanol–water partition coefficient (Wildman–Crippen LogP) is 4.55. The Morgan fingerprint density at radius 3 is 2.67 bits per heavy atom. The lowest BCUT2D eigenvalue weighted by Crippen LogP contribution is -1.91. The Labute approximate surface area is 130 Å². The number of hydrogen-bond acceptors (Lipinski definition) is 2. The van der Waals surface area contributed by atoms with Crippen LogP contribution in [-0.2, 0) is 7.05 Å². The van der Waals surface area contributed by atoms with Crippen LogP contribution in [0.25, 0.3) is 32.9 Å². The smallest absolute Gasteiger partial charge is 0.116 e. The molecule has 0 bridgehead atoms. The second kappa shape index (κ2) is 4.67. The van der Waals surface area contributed by atoms with Crippen molar-refractivity contribution in [3.05, 3.63) is 59.6 Å². The first-order valence-electron chi connectivity index (χ1n) is 6.68. The normalized spacial score (nSPS) is 11.3. The highest BCUT2D eigenvalue weighted by atomic mass is 79.9. The number of rotatable bonds is 1. The summed E-state index contributed by atoms with van der Waals surface area (Å²) in [6, 6.07) is 12.6. The van der Waals surface area contributed by atoms with E-state index >= 15 is 0 Å². The molecule has 0 N–H and O–H groups in total. The molecule has 2 heterocycles. The lowest BCUT2D eigenvalue weighted by atomic mass is 10.0. The van der Waals surface area contributed by atoms with Crippen LogP contribution in [0.3, 0.4) is 0 Å². The van der Waals surface area contributed by atoms with Gasteiger partial charge in [-0.05, 0) is 29.8 Å². The van der Waals surface area contributed by atoms with Crippen molar-refractivity contribution in [3.63, 3.8) is 0 Å². The van der Waals surface area contributed by atoms with Crippen molar-refractivity contribution in [1.82, 2.24) is 14.5 Å². The van der Waals surface area contributed by atoms with E-state index in [9.17, 15) is 0 Å². The van der Waals surface area contributed by atoms with Gasteiger partial charge in [0.25, 0.3) is 0 Å². The Hall–Kier alpha value is -2.20. The highest BCUT2D eigenvalue weighted by Gasteiger charge is 2.12. The Balaban J connectivity index is 2.15. The summed E-state index contributed by atoms with van der Waals surface area (Å²) < 4.78 is 3.23. The van der Waals surface area contributed by atoms with Gasteiger partial charge in [-0.3, -0.25) is 0 Å². The highest BCUT2D eigenvalue weighted by Crippen LogP contribution is 2.34. The average molecular weight is 338 g/mol. The number of nitrogens with zero attached hydrogens (tertiary/aromatic N) is 3. The minimum absolute atomic E-state index is 0.974. The predicted molar refractivity (Wildman–Crippen MR) is 89.2 cm³/mol. The van der Waals surface area contributed by atoms with Gasteiger partial charge in [-0.1, -0.05) is 28.1 Å². The van der Waals surface area contributed by atoms with E-state index in [0.717, 1.165) is 15.4 Å². The second-order valence-corrected chi connectivity index (χ2v) is 5.99. The average Bonchev–Trinajstić information content (AvgIpc) is 2.90. The maximum atomic E-state index is 4.41. The first-order valence-corrected chi connectivity index (χ1v) is 7.47. The molecule has 2 aromatic carbocycles. The fourth-order valence-electron chi connectivity index (χ4n) is 2.80. The van der Waals surface area contributed by atoms with Crippen LogP contribution in [0.5, 0.6) is 0 Å². The molecular formula is C17H12BrN3. The molecule has 4 rings (SSSR count). The number of aryl methyl sites for hydroxylation is 1. The number of aromatic nitrogens is 3. The quantitative estimate of drug-likeness (QED) is 0.510. The van der Waals surface area contributed by atoms with Crippen molar-refractivity contribution in [3.8, 4) is 11.1 Å². The molecule has 4 aromatic rings. The van der Waals surface area contributed by atoms with Crippen LogP contribution >= 0.6 is 15.9 Å². The van der Waals surface area contributed by atoms with Crippen LogP contribution < -0.4 is 0 Å². The molecule has 0 aliphatic carbocycles. The second-order valence-electron chi connectivity index (χ2n) is 5.08. The maximum absolute atomic E-state index is 4.41. The van der Waals surface area contributed by atoms with Gasteiger partial charge in [-0.2, -0.15) is 0 Å². The summed E-state index contributed by atoms with van der Waals surface area (Å²) in [5.41, 5.74) is 4.56. The van der Waals surface area contributed by atoms with Gasteiger partial charge in [0, 0.05) is 40.2 Å². The molecule has 0 unspecified atom stereocenters. The molecule has 0 aliphatic rings. The van der Waals surface area contributed by atoms with Crippen LogP contribution in [-0.4, -0.2) is 14.5 Å². The van der Waals surface area contributed by atoms with Gasteiger partial charge in [-0.15, -0.1) is 0 Å². The van der Waals surface area contributed by atoms with Crippen molar-refractivity contribution in [2.45, 2.75) is 0 Å². The van der Waals surface area contributed by atoms with Crippen molar-refractivity contribution >= 4 is 37.7 Å². The molecule has 102 valence electrons. The fourth-order valence-corrected chi connectivity index (χ4v) is 3.06. The first-order chi connectivity index (χ1) is 10.2. The highest BCUT2D eigenvalue weighted by molar-refractivity contribution is 9.10. The third kappa shape index (κ3) is 1.94. The standard InChI is InChI=1S/C17H12BrN3/c1-21-7-6-13-15-9-19-10-20-16(15)8-14(17(13)21)11-2-4-12(18)5-3-11/h2-10H,1H3. The molecule has 0 saturated heterocycles. The van der Waals surface area contributed by atoms with Crippen LogP contribution in [0.15, 0.2) is 59.6 Å². The van der Waals surface area contributed by atoms with E-state index in [1.807, 2.05) is 6.20 Å². The first kappa shape index (κ1) is 12.5. The third-order valence-electron chi connectivity index (χ3n) is 3.80. The molecule has 3 nitrogen and oxygen atoms in total. The lowest BCUT2D eigenvalue weighted by Gasteiger charge is -2.09.